The van der Waals surface area contributed by atoms with Crippen molar-refractivity contribution >= 4 is 17.9 Å². The number of carboxylic acids is 3. The lowest BCUT2D eigenvalue weighted by atomic mass is 10.1. The zero-order valence-electron chi connectivity index (χ0n) is 14.4. The summed E-state index contributed by atoms with van der Waals surface area (Å²) in [6, 6.07) is 5.02. The highest BCUT2D eigenvalue weighted by molar-refractivity contribution is 5.91. The van der Waals surface area contributed by atoms with Crippen LogP contribution >= 0.6 is 0 Å². The number of carbonyl (C=O) groups is 3. The van der Waals surface area contributed by atoms with Crippen molar-refractivity contribution in [3.63, 3.8) is 0 Å². The third-order valence-electron chi connectivity index (χ3n) is 2.67. The Labute approximate surface area is 146 Å². The second-order valence-corrected chi connectivity index (χ2v) is 4.95. The predicted octanol–water partition coefficient (Wildman–Crippen LogP) is 2.44. The minimum Gasteiger partial charge on any atom is -0.481 e. The zero-order chi connectivity index (χ0) is 19.8. The van der Waals surface area contributed by atoms with Crippen LogP contribution < -0.4 is 0 Å². The first-order valence-corrected chi connectivity index (χ1v) is 7.80. The summed E-state index contributed by atoms with van der Waals surface area (Å²) in [5.41, 5.74) is 0.167. The van der Waals surface area contributed by atoms with Crippen LogP contribution in [-0.2, 0) is 4.79 Å². The molecule has 0 amide bonds. The Morgan fingerprint density at radius 2 is 1.24 bits per heavy atom. The van der Waals surface area contributed by atoms with Crippen LogP contribution in [0.5, 0.6) is 0 Å². The van der Waals surface area contributed by atoms with Crippen molar-refractivity contribution < 1.29 is 39.9 Å². The molecular weight excluding hydrogens is 332 g/mol. The van der Waals surface area contributed by atoms with E-state index in [0.717, 1.165) is 19.3 Å². The fourth-order valence-electron chi connectivity index (χ4n) is 1.34. The molecule has 1 aromatic rings. The van der Waals surface area contributed by atoms with Crippen molar-refractivity contribution in [2.75, 3.05) is 0 Å². The number of benzene rings is 1. The van der Waals surface area contributed by atoms with Gasteiger partial charge in [-0.05, 0) is 37.1 Å². The Hall–Kier alpha value is -2.45. The molecule has 0 saturated carbocycles. The van der Waals surface area contributed by atoms with E-state index in [-0.39, 0.29) is 11.1 Å². The number of aliphatic carboxylic acids is 1. The van der Waals surface area contributed by atoms with Gasteiger partial charge >= 0.3 is 17.9 Å². The second-order valence-electron chi connectivity index (χ2n) is 4.95. The molecule has 1 rings (SSSR count). The summed E-state index contributed by atoms with van der Waals surface area (Å²) in [6.07, 6.45) is 2.30. The SMILES string of the molecule is CCCC(O)O.CCCCC(=O)O.O=C(O)c1ccc(C(=O)O)cc1. The Morgan fingerprint density at radius 3 is 1.36 bits per heavy atom. The Kier molecular flexibility index (Phi) is 15.0. The summed E-state index contributed by atoms with van der Waals surface area (Å²) in [7, 11) is 0. The fourth-order valence-corrected chi connectivity index (χ4v) is 1.34. The number of unbranched alkanes of at least 4 members (excludes halogenated alkanes) is 1. The molecule has 8 heteroatoms. The first-order chi connectivity index (χ1) is 11.6. The van der Waals surface area contributed by atoms with E-state index < -0.39 is 24.2 Å². The molecule has 0 fully saturated rings. The number of aliphatic hydroxyl groups is 2. The van der Waals surface area contributed by atoms with E-state index in [4.69, 9.17) is 25.5 Å². The third kappa shape index (κ3) is 16.2. The summed E-state index contributed by atoms with van der Waals surface area (Å²) in [5, 5.41) is 41.2. The summed E-state index contributed by atoms with van der Waals surface area (Å²) in [4.78, 5) is 30.4. The molecule has 0 aromatic heterocycles. The van der Waals surface area contributed by atoms with Crippen molar-refractivity contribution in [3.8, 4) is 0 Å². The summed E-state index contributed by atoms with van der Waals surface area (Å²) < 4.78 is 0. The molecule has 0 aliphatic heterocycles. The molecule has 5 N–H and O–H groups in total. The molecule has 0 radical (unpaired) electrons. The Morgan fingerprint density at radius 1 is 0.840 bits per heavy atom. The van der Waals surface area contributed by atoms with E-state index >= 15 is 0 Å². The van der Waals surface area contributed by atoms with Crippen molar-refractivity contribution in [3.05, 3.63) is 35.4 Å². The third-order valence-corrected chi connectivity index (χ3v) is 2.67. The van der Waals surface area contributed by atoms with Crippen LogP contribution in [-0.4, -0.2) is 49.7 Å². The first-order valence-electron chi connectivity index (χ1n) is 7.80. The lowest BCUT2D eigenvalue weighted by Crippen LogP contribution is -2.01. The van der Waals surface area contributed by atoms with Crippen LogP contribution in [0, 0.1) is 0 Å². The maximum atomic E-state index is 10.3. The highest BCUT2D eigenvalue weighted by atomic mass is 16.5. The van der Waals surface area contributed by atoms with E-state index in [9.17, 15) is 14.4 Å². The molecule has 1 aromatic carbocycles. The largest absolute Gasteiger partial charge is 0.481 e. The quantitative estimate of drug-likeness (QED) is 0.466. The van der Waals surface area contributed by atoms with Crippen molar-refractivity contribution in [2.24, 2.45) is 0 Å². The first kappa shape index (κ1) is 24.8. The van der Waals surface area contributed by atoms with Crippen LogP contribution in [0.2, 0.25) is 0 Å². The van der Waals surface area contributed by atoms with Gasteiger partial charge in [0, 0.05) is 6.42 Å². The fraction of sp³-hybridized carbons (Fsp3) is 0.471. The molecule has 8 nitrogen and oxygen atoms in total. The predicted molar refractivity (Wildman–Crippen MR) is 90.7 cm³/mol. The highest BCUT2D eigenvalue weighted by Crippen LogP contribution is 2.03. The molecule has 0 atom stereocenters. The van der Waals surface area contributed by atoms with Gasteiger partial charge in [0.05, 0.1) is 11.1 Å². The van der Waals surface area contributed by atoms with Crippen molar-refractivity contribution in [2.45, 2.75) is 52.2 Å². The van der Waals surface area contributed by atoms with Crippen LogP contribution in [0.15, 0.2) is 24.3 Å². The van der Waals surface area contributed by atoms with Crippen LogP contribution in [0.4, 0.5) is 0 Å². The summed E-state index contributed by atoms with van der Waals surface area (Å²) >= 11 is 0. The van der Waals surface area contributed by atoms with Gasteiger partial charge in [-0.25, -0.2) is 9.59 Å². The number of aliphatic hydroxyl groups excluding tert-OH is 1. The summed E-state index contributed by atoms with van der Waals surface area (Å²) in [6.45, 7) is 3.88. The number of hydrogen-bond acceptors (Lipinski definition) is 5. The maximum Gasteiger partial charge on any atom is 0.335 e. The smallest absolute Gasteiger partial charge is 0.335 e. The van der Waals surface area contributed by atoms with Crippen LogP contribution in [0.3, 0.4) is 0 Å². The number of aromatic carboxylic acids is 2. The maximum absolute atomic E-state index is 10.3. The van der Waals surface area contributed by atoms with Gasteiger partial charge in [-0.2, -0.15) is 0 Å². The molecule has 0 heterocycles. The van der Waals surface area contributed by atoms with Gasteiger partial charge in [-0.1, -0.05) is 26.7 Å². The molecule has 0 aliphatic rings. The zero-order valence-corrected chi connectivity index (χ0v) is 14.4. The van der Waals surface area contributed by atoms with Gasteiger partial charge < -0.3 is 25.5 Å². The monoisotopic (exact) mass is 358 g/mol. The van der Waals surface area contributed by atoms with Crippen LogP contribution in [0.1, 0.15) is 66.7 Å². The van der Waals surface area contributed by atoms with Gasteiger partial charge in [-0.3, -0.25) is 4.79 Å². The number of hydrogen-bond donors (Lipinski definition) is 5. The van der Waals surface area contributed by atoms with Gasteiger partial charge in [0.1, 0.15) is 0 Å². The van der Waals surface area contributed by atoms with Crippen molar-refractivity contribution in [1.29, 1.82) is 0 Å². The second kappa shape index (κ2) is 15.1. The van der Waals surface area contributed by atoms with E-state index in [0.29, 0.717) is 12.8 Å². The molecule has 0 bridgehead atoms. The Balaban J connectivity index is 0. The van der Waals surface area contributed by atoms with Crippen molar-refractivity contribution in [1.82, 2.24) is 0 Å². The van der Waals surface area contributed by atoms with Gasteiger partial charge in [0.15, 0.2) is 6.29 Å². The van der Waals surface area contributed by atoms with Gasteiger partial charge in [0.25, 0.3) is 0 Å². The summed E-state index contributed by atoms with van der Waals surface area (Å²) in [5.74, 6) is -2.82. The minimum atomic E-state index is -1.10. The average Bonchev–Trinajstić information content (AvgIpc) is 2.54. The molecule has 0 unspecified atom stereocenters. The molecule has 0 spiro atoms. The lowest BCUT2D eigenvalue weighted by Gasteiger charge is -1.94. The number of carboxylic acid groups (broad SMARTS) is 3. The molecular formula is C17H26O8. The topological polar surface area (TPSA) is 152 Å². The molecule has 0 aliphatic carbocycles. The van der Waals surface area contributed by atoms with E-state index in [2.05, 4.69) is 0 Å². The number of rotatable bonds is 7. The van der Waals surface area contributed by atoms with Crippen LogP contribution in [0.25, 0.3) is 0 Å². The standard InChI is InChI=1S/C8H6O4.C5H10O2.C4H10O2/c9-7(10)5-1-2-6(4-3-5)8(11)12;1-2-3-4-5(6)7;1-2-3-4(5)6/h1-4H,(H,9,10)(H,11,12);2-4H2,1H3,(H,6,7);4-6H,2-3H2,1H3. The highest BCUT2D eigenvalue weighted by Gasteiger charge is 2.04. The van der Waals surface area contributed by atoms with Gasteiger partial charge in [0.2, 0.25) is 0 Å². The van der Waals surface area contributed by atoms with Gasteiger partial charge in [-0.15, -0.1) is 0 Å². The lowest BCUT2D eigenvalue weighted by molar-refractivity contribution is -0.137. The minimum absolute atomic E-state index is 0.0833. The molecule has 142 valence electrons. The average molecular weight is 358 g/mol. The van der Waals surface area contributed by atoms with E-state index in [1.165, 1.54) is 24.3 Å². The van der Waals surface area contributed by atoms with E-state index in [1.54, 1.807) is 0 Å². The normalized spacial score (nSPS) is 9.32. The Bertz CT molecular complexity index is 475. The molecule has 25 heavy (non-hydrogen) atoms. The molecule has 0 saturated heterocycles. The van der Waals surface area contributed by atoms with E-state index in [1.807, 2.05) is 13.8 Å².